The topological polar surface area (TPSA) is 58.4 Å². The molecule has 1 aromatic rings. The Hall–Kier alpha value is -1.62. The number of urea groups is 1. The summed E-state index contributed by atoms with van der Waals surface area (Å²) >= 11 is 5.06. The number of nitrogens with two attached hydrogens (primary N) is 1. The molecule has 1 fully saturated rings. The van der Waals surface area contributed by atoms with Gasteiger partial charge in [0.2, 0.25) is 0 Å². The van der Waals surface area contributed by atoms with Crippen LogP contribution in [0, 0.1) is 0 Å². The Morgan fingerprint density at radius 3 is 2.42 bits per heavy atom. The third-order valence-corrected chi connectivity index (χ3v) is 3.56. The lowest BCUT2D eigenvalue weighted by Crippen LogP contribution is -2.46. The number of piperidine rings is 1. The molecular formula is C14H19N3OS. The summed E-state index contributed by atoms with van der Waals surface area (Å²) in [7, 11) is 0. The average Bonchev–Trinajstić information content (AvgIpc) is 2.46. The summed E-state index contributed by atoms with van der Waals surface area (Å²) in [6.45, 7) is 1.62. The van der Waals surface area contributed by atoms with Gasteiger partial charge in [0.05, 0.1) is 0 Å². The highest BCUT2D eigenvalue weighted by Gasteiger charge is 2.22. The minimum Gasteiger partial charge on any atom is -0.391 e. The van der Waals surface area contributed by atoms with Crippen molar-refractivity contribution in [3.05, 3.63) is 35.9 Å². The largest absolute Gasteiger partial charge is 0.391 e. The molecule has 3 N–H and O–H groups in total. The lowest BCUT2D eigenvalue weighted by atomic mass is 10.1. The van der Waals surface area contributed by atoms with Gasteiger partial charge in [0, 0.05) is 13.1 Å². The van der Waals surface area contributed by atoms with Gasteiger partial charge in [-0.25, -0.2) is 4.79 Å². The Kier molecular flexibility index (Phi) is 4.74. The lowest BCUT2D eigenvalue weighted by molar-refractivity contribution is 0.185. The van der Waals surface area contributed by atoms with Crippen LogP contribution in [0.1, 0.15) is 30.9 Å². The van der Waals surface area contributed by atoms with Gasteiger partial charge in [-0.2, -0.15) is 0 Å². The van der Waals surface area contributed by atoms with Crippen LogP contribution in [0.4, 0.5) is 4.79 Å². The molecule has 0 aromatic heterocycles. The maximum Gasteiger partial charge on any atom is 0.318 e. The molecule has 2 amide bonds. The van der Waals surface area contributed by atoms with Gasteiger partial charge in [0.15, 0.2) is 0 Å². The highest BCUT2D eigenvalue weighted by molar-refractivity contribution is 7.80. The van der Waals surface area contributed by atoms with Gasteiger partial charge in [-0.05, 0) is 24.8 Å². The zero-order chi connectivity index (χ0) is 13.7. The number of likely N-dealkylation sites (tertiary alicyclic amines) is 1. The molecule has 1 unspecified atom stereocenters. The van der Waals surface area contributed by atoms with Crippen molar-refractivity contribution < 1.29 is 4.79 Å². The van der Waals surface area contributed by atoms with Crippen molar-refractivity contribution in [3.63, 3.8) is 0 Å². The number of carbonyl (C=O) groups is 1. The Morgan fingerprint density at radius 1 is 1.21 bits per heavy atom. The van der Waals surface area contributed by atoms with Crippen molar-refractivity contribution in [3.8, 4) is 0 Å². The Morgan fingerprint density at radius 2 is 1.84 bits per heavy atom. The van der Waals surface area contributed by atoms with E-state index < -0.39 is 6.04 Å². The summed E-state index contributed by atoms with van der Waals surface area (Å²) in [6, 6.07) is 9.10. The maximum absolute atomic E-state index is 12.2. The quantitative estimate of drug-likeness (QED) is 0.833. The van der Waals surface area contributed by atoms with Crippen molar-refractivity contribution in [1.29, 1.82) is 0 Å². The van der Waals surface area contributed by atoms with Crippen molar-refractivity contribution in [2.24, 2.45) is 5.73 Å². The summed E-state index contributed by atoms with van der Waals surface area (Å²) in [5.74, 6) is 0. The Bertz CT molecular complexity index is 443. The van der Waals surface area contributed by atoms with Gasteiger partial charge in [-0.15, -0.1) is 0 Å². The van der Waals surface area contributed by atoms with Crippen LogP contribution in [-0.2, 0) is 0 Å². The number of nitrogens with zero attached hydrogens (tertiary/aromatic N) is 1. The zero-order valence-electron chi connectivity index (χ0n) is 10.8. The van der Waals surface area contributed by atoms with E-state index in [1.54, 1.807) is 0 Å². The van der Waals surface area contributed by atoms with Gasteiger partial charge in [0.1, 0.15) is 11.0 Å². The predicted molar refractivity (Wildman–Crippen MR) is 79.9 cm³/mol. The standard InChI is InChI=1S/C14H19N3OS/c15-13(19)12(11-7-3-1-4-8-11)16-14(18)17-9-5-2-6-10-17/h1,3-4,7-8,12H,2,5-6,9-10H2,(H2,15,19)(H,16,18). The van der Waals surface area contributed by atoms with Crippen LogP contribution < -0.4 is 11.1 Å². The molecule has 1 aliphatic rings. The number of rotatable bonds is 3. The molecule has 0 saturated carbocycles. The fraction of sp³-hybridized carbons (Fsp3) is 0.429. The fourth-order valence-corrected chi connectivity index (χ4v) is 2.47. The molecule has 0 bridgehead atoms. The van der Waals surface area contributed by atoms with E-state index in [-0.39, 0.29) is 11.0 Å². The monoisotopic (exact) mass is 277 g/mol. The Labute approximate surface area is 119 Å². The average molecular weight is 277 g/mol. The van der Waals surface area contributed by atoms with E-state index >= 15 is 0 Å². The third kappa shape index (κ3) is 3.67. The first-order valence-corrected chi connectivity index (χ1v) is 6.99. The second-order valence-corrected chi connectivity index (χ2v) is 5.21. The molecule has 1 atom stereocenters. The highest BCUT2D eigenvalue weighted by Crippen LogP contribution is 2.15. The molecule has 1 aromatic carbocycles. The van der Waals surface area contributed by atoms with Gasteiger partial charge < -0.3 is 16.0 Å². The lowest BCUT2D eigenvalue weighted by Gasteiger charge is -2.29. The molecule has 4 nitrogen and oxygen atoms in total. The number of thiocarbonyl (C=S) groups is 1. The Balaban J connectivity index is 2.04. The number of carbonyl (C=O) groups excluding carboxylic acids is 1. The van der Waals surface area contributed by atoms with E-state index in [0.29, 0.717) is 0 Å². The van der Waals surface area contributed by atoms with Crippen LogP contribution in [0.25, 0.3) is 0 Å². The number of nitrogens with one attached hydrogen (secondary N) is 1. The van der Waals surface area contributed by atoms with Gasteiger partial charge in [0.25, 0.3) is 0 Å². The first-order valence-electron chi connectivity index (χ1n) is 6.58. The second-order valence-electron chi connectivity index (χ2n) is 4.74. The van der Waals surface area contributed by atoms with E-state index in [1.807, 2.05) is 35.2 Å². The number of benzene rings is 1. The van der Waals surface area contributed by atoms with Crippen LogP contribution in [0.2, 0.25) is 0 Å². The van der Waals surface area contributed by atoms with Crippen LogP contribution >= 0.6 is 12.2 Å². The summed E-state index contributed by atoms with van der Waals surface area (Å²) in [5.41, 5.74) is 6.66. The van der Waals surface area contributed by atoms with Crippen molar-refractivity contribution >= 4 is 23.2 Å². The first kappa shape index (κ1) is 13.8. The van der Waals surface area contributed by atoms with Gasteiger partial charge >= 0.3 is 6.03 Å². The summed E-state index contributed by atoms with van der Waals surface area (Å²) in [4.78, 5) is 14.3. The van der Waals surface area contributed by atoms with Crippen molar-refractivity contribution in [2.45, 2.75) is 25.3 Å². The molecule has 2 rings (SSSR count). The number of hydrogen-bond donors (Lipinski definition) is 2. The maximum atomic E-state index is 12.2. The molecule has 19 heavy (non-hydrogen) atoms. The smallest absolute Gasteiger partial charge is 0.318 e. The van der Waals surface area contributed by atoms with Crippen molar-refractivity contribution in [1.82, 2.24) is 10.2 Å². The normalized spacial score (nSPS) is 16.7. The summed E-state index contributed by atoms with van der Waals surface area (Å²) in [5, 5.41) is 2.92. The molecule has 5 heteroatoms. The van der Waals surface area contributed by atoms with Crippen LogP contribution in [0.5, 0.6) is 0 Å². The molecule has 1 heterocycles. The zero-order valence-corrected chi connectivity index (χ0v) is 11.7. The number of hydrogen-bond acceptors (Lipinski definition) is 2. The van der Waals surface area contributed by atoms with E-state index in [4.69, 9.17) is 18.0 Å². The second kappa shape index (κ2) is 6.52. The molecule has 0 spiro atoms. The summed E-state index contributed by atoms with van der Waals surface area (Å²) in [6.07, 6.45) is 3.33. The van der Waals surface area contributed by atoms with E-state index in [0.717, 1.165) is 31.5 Å². The fourth-order valence-electron chi connectivity index (χ4n) is 2.28. The van der Waals surface area contributed by atoms with E-state index in [9.17, 15) is 4.79 Å². The van der Waals surface area contributed by atoms with E-state index in [1.165, 1.54) is 6.42 Å². The molecule has 102 valence electrons. The molecule has 0 radical (unpaired) electrons. The van der Waals surface area contributed by atoms with Crippen LogP contribution in [-0.4, -0.2) is 29.0 Å². The summed E-state index contributed by atoms with van der Waals surface area (Å²) < 4.78 is 0. The molecular weight excluding hydrogens is 258 g/mol. The van der Waals surface area contributed by atoms with Crippen LogP contribution in [0.3, 0.4) is 0 Å². The minimum absolute atomic E-state index is 0.0821. The minimum atomic E-state index is -0.398. The van der Waals surface area contributed by atoms with Crippen molar-refractivity contribution in [2.75, 3.05) is 13.1 Å². The highest BCUT2D eigenvalue weighted by atomic mass is 32.1. The molecule has 1 aliphatic heterocycles. The van der Waals surface area contributed by atoms with Crippen LogP contribution in [0.15, 0.2) is 30.3 Å². The number of amides is 2. The molecule has 1 saturated heterocycles. The van der Waals surface area contributed by atoms with E-state index in [2.05, 4.69) is 5.32 Å². The predicted octanol–water partition coefficient (Wildman–Crippen LogP) is 2.21. The van der Waals surface area contributed by atoms with Gasteiger partial charge in [-0.3, -0.25) is 0 Å². The van der Waals surface area contributed by atoms with Gasteiger partial charge in [-0.1, -0.05) is 42.5 Å². The first-order chi connectivity index (χ1) is 9.18. The molecule has 0 aliphatic carbocycles. The SMILES string of the molecule is NC(=S)C(NC(=O)N1CCCCC1)c1ccccc1. The third-order valence-electron chi connectivity index (χ3n) is 3.33.